The fraction of sp³-hybridized carbons (Fsp3) is 0.176. The average Bonchev–Trinajstić information content (AvgIpc) is 2.51. The molecule has 0 bridgehead atoms. The van der Waals surface area contributed by atoms with Gasteiger partial charge in [-0.25, -0.2) is 0 Å². The van der Waals surface area contributed by atoms with Gasteiger partial charge in [-0.05, 0) is 31.0 Å². The number of benzene rings is 2. The summed E-state index contributed by atoms with van der Waals surface area (Å²) in [5.74, 6) is 0.774. The van der Waals surface area contributed by atoms with Crippen molar-refractivity contribution in [2.75, 3.05) is 0 Å². The Labute approximate surface area is 140 Å². The van der Waals surface area contributed by atoms with E-state index in [0.717, 1.165) is 22.4 Å². The van der Waals surface area contributed by atoms with Crippen molar-refractivity contribution in [3.05, 3.63) is 69.7 Å². The molecule has 2 aromatic rings. The number of nitrogens with zero attached hydrogens (tertiary/aromatic N) is 2. The second kappa shape index (κ2) is 8.01. The molecule has 0 saturated heterocycles. The zero-order valence-corrected chi connectivity index (χ0v) is 14.2. The van der Waals surface area contributed by atoms with Crippen molar-refractivity contribution in [3.8, 4) is 0 Å². The van der Waals surface area contributed by atoms with E-state index in [1.807, 2.05) is 44.2 Å². The van der Waals surface area contributed by atoms with Crippen LogP contribution in [0.2, 0.25) is 5.02 Å². The number of nitrogens with two attached hydrogens (primary N) is 1. The first-order chi connectivity index (χ1) is 10.6. The summed E-state index contributed by atoms with van der Waals surface area (Å²) in [4.78, 5) is 0. The summed E-state index contributed by atoms with van der Waals surface area (Å²) < 4.78 is 0. The number of halogens is 1. The van der Waals surface area contributed by atoms with Crippen LogP contribution in [0.25, 0.3) is 0 Å². The van der Waals surface area contributed by atoms with Crippen molar-refractivity contribution in [3.63, 3.8) is 0 Å². The minimum absolute atomic E-state index is 0.431. The molecule has 2 N–H and O–H groups in total. The van der Waals surface area contributed by atoms with Gasteiger partial charge in [-0.1, -0.05) is 65.3 Å². The van der Waals surface area contributed by atoms with Crippen molar-refractivity contribution < 1.29 is 0 Å². The molecule has 2 aromatic carbocycles. The van der Waals surface area contributed by atoms with E-state index in [1.165, 1.54) is 17.3 Å². The van der Waals surface area contributed by atoms with E-state index < -0.39 is 0 Å². The third kappa shape index (κ3) is 4.90. The molecule has 0 aliphatic carbocycles. The second-order valence-electron chi connectivity index (χ2n) is 4.94. The van der Waals surface area contributed by atoms with E-state index in [0.29, 0.717) is 10.2 Å². The molecule has 0 aliphatic heterocycles. The summed E-state index contributed by atoms with van der Waals surface area (Å²) in [6.45, 7) is 3.99. The summed E-state index contributed by atoms with van der Waals surface area (Å²) in [5.41, 5.74) is 10.1. The molecule has 0 unspecified atom stereocenters. The van der Waals surface area contributed by atoms with Crippen LogP contribution in [0.3, 0.4) is 0 Å². The van der Waals surface area contributed by atoms with E-state index in [1.54, 1.807) is 6.21 Å². The molecule has 0 aromatic heterocycles. The Kier molecular flexibility index (Phi) is 6.04. The van der Waals surface area contributed by atoms with E-state index in [9.17, 15) is 0 Å². The molecule has 0 fully saturated rings. The van der Waals surface area contributed by atoms with Crippen LogP contribution in [-0.4, -0.2) is 11.4 Å². The first-order valence-electron chi connectivity index (χ1n) is 6.86. The van der Waals surface area contributed by atoms with Crippen LogP contribution in [0.5, 0.6) is 0 Å². The fourth-order valence-corrected chi connectivity index (χ4v) is 2.75. The molecule has 0 radical (unpaired) electrons. The average molecular weight is 332 g/mol. The van der Waals surface area contributed by atoms with Crippen LogP contribution in [0, 0.1) is 13.8 Å². The second-order valence-corrected chi connectivity index (χ2v) is 6.32. The van der Waals surface area contributed by atoms with Gasteiger partial charge in [-0.3, -0.25) is 0 Å². The van der Waals surface area contributed by atoms with Gasteiger partial charge in [0.1, 0.15) is 0 Å². The molecule has 22 heavy (non-hydrogen) atoms. The number of hydrogen-bond donors (Lipinski definition) is 1. The van der Waals surface area contributed by atoms with Gasteiger partial charge in [0, 0.05) is 11.3 Å². The molecule has 0 atom stereocenters. The molecule has 3 nitrogen and oxygen atoms in total. The Morgan fingerprint density at radius 3 is 2.68 bits per heavy atom. The zero-order chi connectivity index (χ0) is 15.9. The van der Waals surface area contributed by atoms with Crippen molar-refractivity contribution in [2.45, 2.75) is 19.6 Å². The number of hydrogen-bond acceptors (Lipinski definition) is 3. The maximum absolute atomic E-state index is 6.25. The Hall–Kier alpha value is -1.78. The highest BCUT2D eigenvalue weighted by Gasteiger charge is 2.02. The smallest absolute Gasteiger partial charge is 0.180 e. The van der Waals surface area contributed by atoms with Gasteiger partial charge in [-0.15, -0.1) is 5.10 Å². The lowest BCUT2D eigenvalue weighted by Crippen LogP contribution is -2.06. The van der Waals surface area contributed by atoms with Crippen molar-refractivity contribution in [1.82, 2.24) is 0 Å². The van der Waals surface area contributed by atoms with Crippen LogP contribution in [0.1, 0.15) is 22.3 Å². The van der Waals surface area contributed by atoms with Crippen LogP contribution in [0.15, 0.2) is 52.7 Å². The maximum atomic E-state index is 6.25. The Balaban J connectivity index is 1.98. The van der Waals surface area contributed by atoms with Crippen molar-refractivity contribution >= 4 is 34.7 Å². The maximum Gasteiger partial charge on any atom is 0.180 e. The van der Waals surface area contributed by atoms with Gasteiger partial charge in [0.25, 0.3) is 0 Å². The molecular weight excluding hydrogens is 314 g/mol. The molecule has 114 valence electrons. The van der Waals surface area contributed by atoms with Crippen LogP contribution in [-0.2, 0) is 5.75 Å². The van der Waals surface area contributed by atoms with Gasteiger partial charge in [0.15, 0.2) is 5.17 Å². The normalized spacial score (nSPS) is 12.0. The van der Waals surface area contributed by atoms with E-state index in [2.05, 4.69) is 22.3 Å². The van der Waals surface area contributed by atoms with Gasteiger partial charge < -0.3 is 5.73 Å². The molecule has 5 heteroatoms. The molecular formula is C17H18ClN3S. The molecule has 0 aliphatic rings. The van der Waals surface area contributed by atoms with Gasteiger partial charge in [0.05, 0.1) is 11.2 Å². The summed E-state index contributed by atoms with van der Waals surface area (Å²) in [6, 6.07) is 14.1. The molecule has 0 saturated carbocycles. The summed E-state index contributed by atoms with van der Waals surface area (Å²) in [5, 5.41) is 9.16. The minimum atomic E-state index is 0.431. The minimum Gasteiger partial charge on any atom is -0.377 e. The predicted octanol–water partition coefficient (Wildman–Crippen LogP) is 4.54. The highest BCUT2D eigenvalue weighted by atomic mass is 35.5. The highest BCUT2D eigenvalue weighted by molar-refractivity contribution is 8.13. The SMILES string of the molecule is Cc1cc(C)c(Cl)c(C=NN=C(N)SCc2ccccc2)c1. The third-order valence-electron chi connectivity index (χ3n) is 3.01. The number of rotatable bonds is 4. The van der Waals surface area contributed by atoms with Crippen LogP contribution >= 0.6 is 23.4 Å². The highest BCUT2D eigenvalue weighted by Crippen LogP contribution is 2.21. The van der Waals surface area contributed by atoms with E-state index in [-0.39, 0.29) is 0 Å². The Bertz CT molecular complexity index is 697. The van der Waals surface area contributed by atoms with Crippen LogP contribution < -0.4 is 5.73 Å². The first-order valence-corrected chi connectivity index (χ1v) is 8.22. The number of amidine groups is 1. The molecule has 0 amide bonds. The number of thioether (sulfide) groups is 1. The van der Waals surface area contributed by atoms with Crippen molar-refractivity contribution in [2.24, 2.45) is 15.9 Å². The Morgan fingerprint density at radius 2 is 1.95 bits per heavy atom. The first kappa shape index (κ1) is 16.6. The van der Waals surface area contributed by atoms with E-state index in [4.69, 9.17) is 17.3 Å². The lowest BCUT2D eigenvalue weighted by atomic mass is 10.1. The predicted molar refractivity (Wildman–Crippen MR) is 97.9 cm³/mol. The van der Waals surface area contributed by atoms with Crippen LogP contribution in [0.4, 0.5) is 0 Å². The lowest BCUT2D eigenvalue weighted by molar-refractivity contribution is 1.25. The molecule has 0 heterocycles. The quantitative estimate of drug-likeness (QED) is 0.508. The summed E-state index contributed by atoms with van der Waals surface area (Å²) >= 11 is 7.70. The summed E-state index contributed by atoms with van der Waals surface area (Å²) in [6.07, 6.45) is 1.64. The lowest BCUT2D eigenvalue weighted by Gasteiger charge is -2.03. The standard InChI is InChI=1S/C17H18ClN3S/c1-12-8-13(2)16(18)15(9-12)10-20-21-17(19)22-11-14-6-4-3-5-7-14/h3-10H,11H2,1-2H3,(H2,19,21). The monoisotopic (exact) mass is 331 g/mol. The zero-order valence-electron chi connectivity index (χ0n) is 12.6. The van der Waals surface area contributed by atoms with Gasteiger partial charge in [0.2, 0.25) is 0 Å². The molecule has 2 rings (SSSR count). The molecule has 0 spiro atoms. The van der Waals surface area contributed by atoms with Gasteiger partial charge >= 0.3 is 0 Å². The third-order valence-corrected chi connectivity index (χ3v) is 4.38. The largest absolute Gasteiger partial charge is 0.377 e. The van der Waals surface area contributed by atoms with Gasteiger partial charge in [-0.2, -0.15) is 5.10 Å². The Morgan fingerprint density at radius 1 is 1.23 bits per heavy atom. The topological polar surface area (TPSA) is 50.7 Å². The van der Waals surface area contributed by atoms with E-state index >= 15 is 0 Å². The van der Waals surface area contributed by atoms with Crippen molar-refractivity contribution in [1.29, 1.82) is 0 Å². The summed E-state index contributed by atoms with van der Waals surface area (Å²) in [7, 11) is 0. The number of aryl methyl sites for hydroxylation is 2. The fourth-order valence-electron chi connectivity index (χ4n) is 1.99.